The van der Waals surface area contributed by atoms with Crippen LogP contribution in [-0.2, 0) is 0 Å². The number of rotatable bonds is 4. The first-order valence-corrected chi connectivity index (χ1v) is 9.49. The number of allylic oxidation sites excluding steroid dienone is 1. The summed E-state index contributed by atoms with van der Waals surface area (Å²) in [7, 11) is 4.18. The van der Waals surface area contributed by atoms with Crippen molar-refractivity contribution in [1.29, 1.82) is 0 Å². The highest BCUT2D eigenvalue weighted by Gasteiger charge is 2.19. The van der Waals surface area contributed by atoms with Gasteiger partial charge in [0.15, 0.2) is 12.4 Å². The van der Waals surface area contributed by atoms with Gasteiger partial charge in [0.2, 0.25) is 11.4 Å². The van der Waals surface area contributed by atoms with E-state index in [1.54, 1.807) is 0 Å². The van der Waals surface area contributed by atoms with E-state index in [-0.39, 0.29) is 0 Å². The summed E-state index contributed by atoms with van der Waals surface area (Å²) in [6, 6.07) is 31.7. The summed E-state index contributed by atoms with van der Waals surface area (Å²) in [4.78, 5) is 0. The van der Waals surface area contributed by atoms with Gasteiger partial charge in [-0.3, -0.25) is 0 Å². The van der Waals surface area contributed by atoms with Crippen LogP contribution in [-0.4, -0.2) is 24.4 Å². The minimum Gasteiger partial charge on any atom is -0.235 e. The SMILES string of the molecule is C[N+](C)=C(/C=C(\c1ccccc1)[n+]1ccc2ccccc2c1)c1ccccc1. The lowest BCUT2D eigenvalue weighted by atomic mass is 10.0. The second kappa shape index (κ2) is 8.01. The summed E-state index contributed by atoms with van der Waals surface area (Å²) in [5.41, 5.74) is 4.68. The molecule has 0 aliphatic heterocycles. The van der Waals surface area contributed by atoms with Gasteiger partial charge in [0.25, 0.3) is 0 Å². The smallest absolute Gasteiger partial charge is 0.224 e. The molecule has 2 heteroatoms. The fraction of sp³-hybridized carbons (Fsp3) is 0.0769. The van der Waals surface area contributed by atoms with Crippen molar-refractivity contribution in [2.75, 3.05) is 14.1 Å². The van der Waals surface area contributed by atoms with Gasteiger partial charge in [-0.25, -0.2) is 4.58 Å². The molecule has 2 nitrogen and oxygen atoms in total. The molecule has 0 aliphatic carbocycles. The number of benzene rings is 3. The Balaban J connectivity index is 1.93. The standard InChI is InChI=1S/C26H24N2/c1-27(2)25(22-12-5-3-6-13-22)19-26(23-14-7-4-8-15-23)28-18-17-21-11-9-10-16-24(21)20-28/h3-20H,1-2H3/q+2/b26-19+. The topological polar surface area (TPSA) is 6.89 Å². The summed E-state index contributed by atoms with van der Waals surface area (Å²) < 4.78 is 4.38. The zero-order valence-corrected chi connectivity index (χ0v) is 16.3. The molecule has 0 unspecified atom stereocenters. The van der Waals surface area contributed by atoms with Crippen molar-refractivity contribution in [3.8, 4) is 0 Å². The summed E-state index contributed by atoms with van der Waals surface area (Å²) in [5, 5.41) is 2.46. The van der Waals surface area contributed by atoms with Crippen LogP contribution < -0.4 is 4.57 Å². The lowest BCUT2D eigenvalue weighted by Gasteiger charge is -2.05. The number of nitrogens with zero attached hydrogens (tertiary/aromatic N) is 2. The average molecular weight is 364 g/mol. The van der Waals surface area contributed by atoms with Gasteiger partial charge in [-0.15, -0.1) is 0 Å². The van der Waals surface area contributed by atoms with E-state index in [1.807, 2.05) is 0 Å². The van der Waals surface area contributed by atoms with Crippen LogP contribution in [0.4, 0.5) is 0 Å². The Hall–Kier alpha value is -3.52. The highest BCUT2D eigenvalue weighted by atomic mass is 15.0. The highest BCUT2D eigenvalue weighted by Crippen LogP contribution is 2.16. The van der Waals surface area contributed by atoms with Crippen LogP contribution >= 0.6 is 0 Å². The normalized spacial score (nSPS) is 11.4. The summed E-state index contributed by atoms with van der Waals surface area (Å²) in [6.07, 6.45) is 6.60. The molecular weight excluding hydrogens is 340 g/mol. The van der Waals surface area contributed by atoms with Crippen LogP contribution in [0.2, 0.25) is 0 Å². The molecule has 0 fully saturated rings. The molecule has 0 saturated carbocycles. The monoisotopic (exact) mass is 364 g/mol. The zero-order valence-electron chi connectivity index (χ0n) is 16.3. The van der Waals surface area contributed by atoms with Crippen molar-refractivity contribution in [3.63, 3.8) is 0 Å². The fourth-order valence-electron chi connectivity index (χ4n) is 3.41. The summed E-state index contributed by atoms with van der Waals surface area (Å²) in [6.45, 7) is 0. The minimum absolute atomic E-state index is 1.14. The van der Waals surface area contributed by atoms with Crippen LogP contribution in [0.3, 0.4) is 0 Å². The molecule has 136 valence electrons. The van der Waals surface area contributed by atoms with E-state index in [0.717, 1.165) is 5.70 Å². The van der Waals surface area contributed by atoms with Crippen LogP contribution in [0.25, 0.3) is 16.5 Å². The second-order valence-corrected chi connectivity index (χ2v) is 7.02. The molecule has 0 amide bonds. The molecule has 0 spiro atoms. The van der Waals surface area contributed by atoms with Gasteiger partial charge in [0.1, 0.15) is 14.1 Å². The lowest BCUT2D eigenvalue weighted by molar-refractivity contribution is -0.577. The van der Waals surface area contributed by atoms with Crippen LogP contribution in [0, 0.1) is 0 Å². The van der Waals surface area contributed by atoms with Crippen molar-refractivity contribution in [2.24, 2.45) is 0 Å². The van der Waals surface area contributed by atoms with Gasteiger partial charge in [-0.05, 0) is 35.7 Å². The molecule has 1 heterocycles. The van der Waals surface area contributed by atoms with Gasteiger partial charge < -0.3 is 0 Å². The van der Waals surface area contributed by atoms with E-state index in [9.17, 15) is 0 Å². The molecular formula is C26H24N2+2. The van der Waals surface area contributed by atoms with E-state index in [2.05, 4.69) is 133 Å². The van der Waals surface area contributed by atoms with Gasteiger partial charge >= 0.3 is 0 Å². The Morgan fingerprint density at radius 1 is 0.679 bits per heavy atom. The molecule has 0 saturated heterocycles. The lowest BCUT2D eigenvalue weighted by Crippen LogP contribution is -2.33. The van der Waals surface area contributed by atoms with Gasteiger partial charge in [0.05, 0.1) is 6.08 Å². The third-order valence-corrected chi connectivity index (χ3v) is 4.86. The van der Waals surface area contributed by atoms with Gasteiger partial charge in [-0.2, -0.15) is 4.57 Å². The number of pyridine rings is 1. The minimum atomic E-state index is 1.14. The van der Waals surface area contributed by atoms with E-state index in [0.29, 0.717) is 0 Å². The Bertz CT molecular complexity index is 1150. The predicted molar refractivity (Wildman–Crippen MR) is 117 cm³/mol. The second-order valence-electron chi connectivity index (χ2n) is 7.02. The van der Waals surface area contributed by atoms with Gasteiger partial charge in [0, 0.05) is 22.6 Å². The van der Waals surface area contributed by atoms with Crippen molar-refractivity contribution < 1.29 is 9.14 Å². The first-order chi connectivity index (χ1) is 13.7. The Morgan fingerprint density at radius 3 is 1.89 bits per heavy atom. The third-order valence-electron chi connectivity index (χ3n) is 4.86. The number of fused-ring (bicyclic) bond motifs is 1. The zero-order chi connectivity index (χ0) is 19.3. The van der Waals surface area contributed by atoms with Crippen molar-refractivity contribution in [1.82, 2.24) is 0 Å². The Morgan fingerprint density at radius 2 is 1.25 bits per heavy atom. The molecule has 28 heavy (non-hydrogen) atoms. The number of aromatic nitrogens is 1. The van der Waals surface area contributed by atoms with Crippen molar-refractivity contribution in [2.45, 2.75) is 0 Å². The maximum absolute atomic E-state index is 2.26. The van der Waals surface area contributed by atoms with Gasteiger partial charge in [-0.1, -0.05) is 54.6 Å². The van der Waals surface area contributed by atoms with E-state index >= 15 is 0 Å². The predicted octanol–water partition coefficient (Wildman–Crippen LogP) is 4.78. The van der Waals surface area contributed by atoms with Crippen LogP contribution in [0.5, 0.6) is 0 Å². The Labute approximate surface area is 166 Å². The van der Waals surface area contributed by atoms with Crippen LogP contribution in [0.15, 0.2) is 109 Å². The van der Waals surface area contributed by atoms with Crippen LogP contribution in [0.1, 0.15) is 11.1 Å². The first kappa shape index (κ1) is 17.9. The van der Waals surface area contributed by atoms with Crippen molar-refractivity contribution in [3.05, 3.63) is 121 Å². The molecule has 1 aromatic heterocycles. The maximum atomic E-state index is 2.26. The van der Waals surface area contributed by atoms with Crippen molar-refractivity contribution >= 4 is 22.2 Å². The van der Waals surface area contributed by atoms with E-state index < -0.39 is 0 Å². The van der Waals surface area contributed by atoms with E-state index in [4.69, 9.17) is 0 Å². The molecule has 3 aromatic carbocycles. The largest absolute Gasteiger partial charge is 0.235 e. The molecule has 4 aromatic rings. The first-order valence-electron chi connectivity index (χ1n) is 9.49. The average Bonchev–Trinajstić information content (AvgIpc) is 2.75. The molecule has 0 bridgehead atoms. The molecule has 4 rings (SSSR count). The Kier molecular flexibility index (Phi) is 5.11. The number of hydrogen-bond donors (Lipinski definition) is 0. The third kappa shape index (κ3) is 3.77. The maximum Gasteiger partial charge on any atom is 0.224 e. The molecule has 0 radical (unpaired) electrons. The van der Waals surface area contributed by atoms with E-state index in [1.165, 1.54) is 27.6 Å². The fourth-order valence-corrected chi connectivity index (χ4v) is 3.41. The summed E-state index contributed by atoms with van der Waals surface area (Å²) in [5.74, 6) is 0. The summed E-state index contributed by atoms with van der Waals surface area (Å²) >= 11 is 0. The highest BCUT2D eigenvalue weighted by molar-refractivity contribution is 6.08. The molecule has 0 atom stereocenters. The number of hydrogen-bond acceptors (Lipinski definition) is 0. The molecule has 0 N–H and O–H groups in total. The quantitative estimate of drug-likeness (QED) is 0.363. The molecule has 0 aliphatic rings.